The van der Waals surface area contributed by atoms with Gasteiger partial charge in [-0.25, -0.2) is 0 Å². The summed E-state index contributed by atoms with van der Waals surface area (Å²) in [6, 6.07) is 7.78. The zero-order valence-corrected chi connectivity index (χ0v) is 11.7. The number of nitrogens with zero attached hydrogens (tertiary/aromatic N) is 1. The molecular weight excluding hydrogens is 240 g/mol. The Hall–Kier alpha value is -1.55. The molecule has 19 heavy (non-hydrogen) atoms. The van der Waals surface area contributed by atoms with Crippen LogP contribution in [-0.4, -0.2) is 38.1 Å². The van der Waals surface area contributed by atoms with Gasteiger partial charge in [0.25, 0.3) is 0 Å². The highest BCUT2D eigenvalue weighted by Crippen LogP contribution is 2.18. The molecule has 1 heterocycles. The number of carbonyl (C=O) groups is 1. The van der Waals surface area contributed by atoms with Gasteiger partial charge in [0.1, 0.15) is 5.75 Å². The van der Waals surface area contributed by atoms with Crippen LogP contribution in [0.5, 0.6) is 5.75 Å². The zero-order valence-electron chi connectivity index (χ0n) is 11.7. The van der Waals surface area contributed by atoms with Crippen molar-refractivity contribution in [3.05, 3.63) is 29.8 Å². The molecule has 104 valence electrons. The molecule has 1 saturated heterocycles. The SMILES string of the molecule is COc1ccccc1CNC(=O)[C@H]1CCCN(C)C1. The number of rotatable bonds is 4. The highest BCUT2D eigenvalue weighted by molar-refractivity contribution is 5.79. The lowest BCUT2D eigenvalue weighted by atomic mass is 9.97. The van der Waals surface area contributed by atoms with Crippen LogP contribution in [0.15, 0.2) is 24.3 Å². The van der Waals surface area contributed by atoms with Gasteiger partial charge in [-0.2, -0.15) is 0 Å². The van der Waals surface area contributed by atoms with Gasteiger partial charge in [0.2, 0.25) is 5.91 Å². The second kappa shape index (κ2) is 6.57. The predicted octanol–water partition coefficient (Wildman–Crippen LogP) is 1.65. The number of piperidine rings is 1. The van der Waals surface area contributed by atoms with Gasteiger partial charge < -0.3 is 15.0 Å². The van der Waals surface area contributed by atoms with Crippen molar-refractivity contribution in [2.75, 3.05) is 27.2 Å². The predicted molar refractivity (Wildman–Crippen MR) is 75.1 cm³/mol. The van der Waals surface area contributed by atoms with Gasteiger partial charge >= 0.3 is 0 Å². The molecule has 4 heteroatoms. The summed E-state index contributed by atoms with van der Waals surface area (Å²) in [5, 5.41) is 3.02. The van der Waals surface area contributed by atoms with E-state index < -0.39 is 0 Å². The van der Waals surface area contributed by atoms with Crippen LogP contribution in [0.25, 0.3) is 0 Å². The van der Waals surface area contributed by atoms with Crippen molar-refractivity contribution in [1.82, 2.24) is 10.2 Å². The lowest BCUT2D eigenvalue weighted by Crippen LogP contribution is -2.41. The van der Waals surface area contributed by atoms with E-state index in [1.807, 2.05) is 24.3 Å². The number of methoxy groups -OCH3 is 1. The molecular formula is C15H22N2O2. The van der Waals surface area contributed by atoms with E-state index in [1.165, 1.54) is 0 Å². The standard InChI is InChI=1S/C15H22N2O2/c1-17-9-5-7-13(11-17)15(18)16-10-12-6-3-4-8-14(12)19-2/h3-4,6,8,13H,5,7,9-11H2,1-2H3,(H,16,18)/t13-/m0/s1. The molecule has 0 spiro atoms. The smallest absolute Gasteiger partial charge is 0.224 e. The first kappa shape index (κ1) is 13.9. The van der Waals surface area contributed by atoms with E-state index in [0.717, 1.165) is 37.2 Å². The van der Waals surface area contributed by atoms with Crippen molar-refractivity contribution in [3.63, 3.8) is 0 Å². The molecule has 1 aliphatic rings. The average molecular weight is 262 g/mol. The summed E-state index contributed by atoms with van der Waals surface area (Å²) in [5.41, 5.74) is 1.02. The third kappa shape index (κ3) is 3.70. The Morgan fingerprint density at radius 3 is 3.00 bits per heavy atom. The van der Waals surface area contributed by atoms with Crippen LogP contribution >= 0.6 is 0 Å². The Morgan fingerprint density at radius 2 is 2.26 bits per heavy atom. The summed E-state index contributed by atoms with van der Waals surface area (Å²) in [6.07, 6.45) is 2.09. The fourth-order valence-electron chi connectivity index (χ4n) is 2.56. The Bertz CT molecular complexity index is 434. The molecule has 1 fully saturated rings. The summed E-state index contributed by atoms with van der Waals surface area (Å²) >= 11 is 0. The molecule has 4 nitrogen and oxygen atoms in total. The molecule has 1 amide bonds. The highest BCUT2D eigenvalue weighted by Gasteiger charge is 2.23. The van der Waals surface area contributed by atoms with E-state index in [0.29, 0.717) is 6.54 Å². The van der Waals surface area contributed by atoms with Crippen LogP contribution < -0.4 is 10.1 Å². The molecule has 0 saturated carbocycles. The van der Waals surface area contributed by atoms with E-state index in [9.17, 15) is 4.79 Å². The van der Waals surface area contributed by atoms with Gasteiger partial charge in [-0.05, 0) is 32.5 Å². The van der Waals surface area contributed by atoms with Crippen LogP contribution in [0.2, 0.25) is 0 Å². The number of hydrogen-bond acceptors (Lipinski definition) is 3. The van der Waals surface area contributed by atoms with Crippen molar-refractivity contribution >= 4 is 5.91 Å². The molecule has 1 N–H and O–H groups in total. The van der Waals surface area contributed by atoms with E-state index in [-0.39, 0.29) is 11.8 Å². The molecule has 0 unspecified atom stereocenters. The first-order valence-electron chi connectivity index (χ1n) is 6.79. The summed E-state index contributed by atoms with van der Waals surface area (Å²) in [7, 11) is 3.72. The number of para-hydroxylation sites is 1. The van der Waals surface area contributed by atoms with E-state index in [4.69, 9.17) is 4.74 Å². The van der Waals surface area contributed by atoms with Gasteiger partial charge in [-0.15, -0.1) is 0 Å². The maximum absolute atomic E-state index is 12.1. The number of amides is 1. The average Bonchev–Trinajstić information content (AvgIpc) is 2.45. The lowest BCUT2D eigenvalue weighted by molar-refractivity contribution is -0.126. The molecule has 0 aliphatic carbocycles. The topological polar surface area (TPSA) is 41.6 Å². The molecule has 2 rings (SSSR count). The lowest BCUT2D eigenvalue weighted by Gasteiger charge is -2.28. The van der Waals surface area contributed by atoms with Gasteiger partial charge in [-0.3, -0.25) is 4.79 Å². The maximum Gasteiger partial charge on any atom is 0.224 e. The van der Waals surface area contributed by atoms with Crippen LogP contribution in [0.1, 0.15) is 18.4 Å². The largest absolute Gasteiger partial charge is 0.496 e. The quantitative estimate of drug-likeness (QED) is 0.897. The van der Waals surface area contributed by atoms with E-state index in [2.05, 4.69) is 17.3 Å². The van der Waals surface area contributed by atoms with Crippen molar-refractivity contribution in [3.8, 4) is 5.75 Å². The molecule has 1 aromatic rings. The fourth-order valence-corrected chi connectivity index (χ4v) is 2.56. The Kier molecular flexibility index (Phi) is 4.80. The second-order valence-electron chi connectivity index (χ2n) is 5.13. The maximum atomic E-state index is 12.1. The van der Waals surface area contributed by atoms with Crippen LogP contribution in [-0.2, 0) is 11.3 Å². The van der Waals surface area contributed by atoms with Crippen molar-refractivity contribution in [2.45, 2.75) is 19.4 Å². The number of benzene rings is 1. The first-order valence-corrected chi connectivity index (χ1v) is 6.79. The fraction of sp³-hybridized carbons (Fsp3) is 0.533. The molecule has 1 aromatic carbocycles. The first-order chi connectivity index (χ1) is 9.20. The highest BCUT2D eigenvalue weighted by atomic mass is 16.5. The number of carbonyl (C=O) groups excluding carboxylic acids is 1. The van der Waals surface area contributed by atoms with Crippen LogP contribution in [0.4, 0.5) is 0 Å². The van der Waals surface area contributed by atoms with Gasteiger partial charge in [0.15, 0.2) is 0 Å². The molecule has 0 bridgehead atoms. The Morgan fingerprint density at radius 1 is 1.47 bits per heavy atom. The number of likely N-dealkylation sites (tertiary alicyclic amines) is 1. The zero-order chi connectivity index (χ0) is 13.7. The number of nitrogens with one attached hydrogen (secondary N) is 1. The molecule has 1 atom stereocenters. The minimum Gasteiger partial charge on any atom is -0.496 e. The summed E-state index contributed by atoms with van der Waals surface area (Å²) in [6.45, 7) is 2.48. The minimum absolute atomic E-state index is 0.119. The van der Waals surface area contributed by atoms with Crippen LogP contribution in [0, 0.1) is 5.92 Å². The van der Waals surface area contributed by atoms with Crippen LogP contribution in [0.3, 0.4) is 0 Å². The summed E-state index contributed by atoms with van der Waals surface area (Å²) in [5.74, 6) is 1.09. The van der Waals surface area contributed by atoms with E-state index in [1.54, 1.807) is 7.11 Å². The van der Waals surface area contributed by atoms with Crippen molar-refractivity contribution in [1.29, 1.82) is 0 Å². The third-order valence-corrected chi connectivity index (χ3v) is 3.64. The third-order valence-electron chi connectivity index (χ3n) is 3.64. The summed E-state index contributed by atoms with van der Waals surface area (Å²) in [4.78, 5) is 14.4. The normalized spacial score (nSPS) is 20.0. The molecule has 0 radical (unpaired) electrons. The van der Waals surface area contributed by atoms with Gasteiger partial charge in [0, 0.05) is 18.7 Å². The second-order valence-corrected chi connectivity index (χ2v) is 5.13. The minimum atomic E-state index is 0.119. The monoisotopic (exact) mass is 262 g/mol. The number of ether oxygens (including phenoxy) is 1. The van der Waals surface area contributed by atoms with Gasteiger partial charge in [-0.1, -0.05) is 18.2 Å². The Labute approximate surface area is 114 Å². The Balaban J connectivity index is 1.89. The summed E-state index contributed by atoms with van der Waals surface area (Å²) < 4.78 is 5.28. The van der Waals surface area contributed by atoms with Crippen molar-refractivity contribution < 1.29 is 9.53 Å². The van der Waals surface area contributed by atoms with Crippen molar-refractivity contribution in [2.24, 2.45) is 5.92 Å². The van der Waals surface area contributed by atoms with Gasteiger partial charge in [0.05, 0.1) is 13.0 Å². The molecule has 0 aromatic heterocycles. The molecule has 1 aliphatic heterocycles. The van der Waals surface area contributed by atoms with E-state index >= 15 is 0 Å². The number of hydrogen-bond donors (Lipinski definition) is 1.